The Balaban J connectivity index is 2.85. The van der Waals surface area contributed by atoms with E-state index < -0.39 is 0 Å². The van der Waals surface area contributed by atoms with Crippen LogP contribution in [0, 0.1) is 5.53 Å². The van der Waals surface area contributed by atoms with E-state index in [0.29, 0.717) is 0 Å². The van der Waals surface area contributed by atoms with Crippen LogP contribution >= 0.6 is 0 Å². The smallest absolute Gasteiger partial charge is 0.0233 e. The van der Waals surface area contributed by atoms with E-state index in [1.54, 1.807) is 6.92 Å². The molecule has 2 N–H and O–H groups in total. The van der Waals surface area contributed by atoms with Gasteiger partial charge in [0.05, 0.1) is 0 Å². The van der Waals surface area contributed by atoms with Crippen molar-refractivity contribution in [2.45, 2.75) is 6.92 Å². The van der Waals surface area contributed by atoms with Crippen LogP contribution in [0.4, 0.5) is 0 Å². The van der Waals surface area contributed by atoms with Crippen LogP contribution in [0.5, 0.6) is 0 Å². The molecular formula is C2H6N4. The first-order valence-corrected chi connectivity index (χ1v) is 1.51. The van der Waals surface area contributed by atoms with Crippen LogP contribution in [0.2, 0.25) is 0 Å². The van der Waals surface area contributed by atoms with Crippen LogP contribution in [0.25, 0.3) is 0 Å². The highest BCUT2D eigenvalue weighted by Crippen LogP contribution is 1.51. The van der Waals surface area contributed by atoms with Crippen LogP contribution in [0.15, 0.2) is 10.3 Å². The molecule has 4 nitrogen and oxygen atoms in total. The van der Waals surface area contributed by atoms with E-state index in [2.05, 4.69) is 15.9 Å². The summed E-state index contributed by atoms with van der Waals surface area (Å²) in [6.07, 6.45) is 1.51. The molecule has 6 heavy (non-hydrogen) atoms. The van der Waals surface area contributed by atoms with Gasteiger partial charge in [-0.3, -0.25) is 0 Å². The van der Waals surface area contributed by atoms with Gasteiger partial charge in [-0.15, -0.1) is 0 Å². The Labute approximate surface area is 35.7 Å². The van der Waals surface area contributed by atoms with Gasteiger partial charge in [0.1, 0.15) is 0 Å². The second-order valence-corrected chi connectivity index (χ2v) is 0.599. The lowest BCUT2D eigenvalue weighted by Crippen LogP contribution is -1.88. The van der Waals surface area contributed by atoms with Crippen LogP contribution in [-0.4, -0.2) is 6.21 Å². The summed E-state index contributed by atoms with van der Waals surface area (Å²) in [6.45, 7) is 1.73. The fourth-order valence-electron chi connectivity index (χ4n) is 0.0866. The zero-order chi connectivity index (χ0) is 4.83. The molecule has 34 valence electrons. The topological polar surface area (TPSA) is 60.6 Å². The van der Waals surface area contributed by atoms with Crippen molar-refractivity contribution in [3.05, 3.63) is 0 Å². The van der Waals surface area contributed by atoms with Gasteiger partial charge >= 0.3 is 0 Å². The molecule has 0 rings (SSSR count). The molecule has 0 bridgehead atoms. The lowest BCUT2D eigenvalue weighted by Gasteiger charge is -1.76. The Morgan fingerprint density at radius 2 is 2.50 bits per heavy atom. The van der Waals surface area contributed by atoms with Gasteiger partial charge in [-0.2, -0.15) is 16.2 Å². The monoisotopic (exact) mass is 86.1 g/mol. The van der Waals surface area contributed by atoms with Gasteiger partial charge < -0.3 is 0 Å². The van der Waals surface area contributed by atoms with Crippen molar-refractivity contribution < 1.29 is 0 Å². The lowest BCUT2D eigenvalue weighted by atomic mass is 10.9. The molecule has 0 aromatic heterocycles. The molecule has 0 amide bonds. The van der Waals surface area contributed by atoms with Gasteiger partial charge in [-0.1, -0.05) is 5.22 Å². The Morgan fingerprint density at radius 3 is 2.67 bits per heavy atom. The van der Waals surface area contributed by atoms with Gasteiger partial charge in [-0.05, 0) is 6.92 Å². The number of hydrogen-bond donors (Lipinski definition) is 2. The summed E-state index contributed by atoms with van der Waals surface area (Å²) in [7, 11) is 0. The first-order chi connectivity index (χ1) is 2.91. The van der Waals surface area contributed by atoms with Crippen molar-refractivity contribution >= 4 is 6.21 Å². The van der Waals surface area contributed by atoms with Crippen LogP contribution in [-0.2, 0) is 0 Å². The summed E-state index contributed by atoms with van der Waals surface area (Å²) in [4.78, 5) is 0. The molecule has 0 saturated carbocycles. The molecule has 0 radical (unpaired) electrons. The van der Waals surface area contributed by atoms with Crippen molar-refractivity contribution in [3.63, 3.8) is 0 Å². The molecule has 0 unspecified atom stereocenters. The molecule has 0 aromatic carbocycles. The second-order valence-electron chi connectivity index (χ2n) is 0.599. The maximum absolute atomic E-state index is 6.11. The van der Waals surface area contributed by atoms with Crippen molar-refractivity contribution in [3.8, 4) is 0 Å². The van der Waals surface area contributed by atoms with E-state index in [9.17, 15) is 0 Å². The van der Waals surface area contributed by atoms with Gasteiger partial charge in [-0.25, -0.2) is 0 Å². The highest BCUT2D eigenvalue weighted by molar-refractivity contribution is 5.52. The van der Waals surface area contributed by atoms with Crippen LogP contribution < -0.4 is 5.53 Å². The van der Waals surface area contributed by atoms with E-state index in [1.165, 1.54) is 6.21 Å². The minimum absolute atomic E-state index is 1.51. The largest absolute Gasteiger partial charge is 0.185 e. The molecule has 0 heterocycles. The van der Waals surface area contributed by atoms with Crippen molar-refractivity contribution in [2.75, 3.05) is 0 Å². The van der Waals surface area contributed by atoms with E-state index in [0.717, 1.165) is 0 Å². The zero-order valence-corrected chi connectivity index (χ0v) is 3.47. The molecule has 4 heteroatoms. The lowest BCUT2D eigenvalue weighted by molar-refractivity contribution is 0.721. The summed E-state index contributed by atoms with van der Waals surface area (Å²) >= 11 is 0. The van der Waals surface area contributed by atoms with E-state index in [1.807, 2.05) is 0 Å². The van der Waals surface area contributed by atoms with Gasteiger partial charge in [0.15, 0.2) is 0 Å². The third-order valence-corrected chi connectivity index (χ3v) is 0.237. The molecule has 0 saturated heterocycles. The first kappa shape index (κ1) is 5.07. The molecule has 0 spiro atoms. The van der Waals surface area contributed by atoms with E-state index >= 15 is 0 Å². The third kappa shape index (κ3) is 3.07. The Kier molecular flexibility index (Phi) is 3.44. The Bertz CT molecular complexity index is 56.6. The van der Waals surface area contributed by atoms with E-state index in [-0.39, 0.29) is 0 Å². The van der Waals surface area contributed by atoms with Crippen molar-refractivity contribution in [2.24, 2.45) is 10.3 Å². The first-order valence-electron chi connectivity index (χ1n) is 1.51. The summed E-state index contributed by atoms with van der Waals surface area (Å²) < 4.78 is 0. The van der Waals surface area contributed by atoms with Gasteiger partial charge in [0.25, 0.3) is 0 Å². The quantitative estimate of drug-likeness (QED) is 0.287. The molecule has 0 aliphatic rings. The number of nitrogens with zero attached hydrogens (tertiary/aromatic N) is 2. The Hall–Kier alpha value is -0.930. The normalized spacial score (nSPS) is 8.83. The Morgan fingerprint density at radius 1 is 1.83 bits per heavy atom. The second kappa shape index (κ2) is 4.07. The highest BCUT2D eigenvalue weighted by atomic mass is 15.6. The number of rotatable bonds is 2. The fraction of sp³-hybridized carbons (Fsp3) is 0.500. The number of nitrogens with one attached hydrogen (secondary N) is 2. The van der Waals surface area contributed by atoms with Gasteiger partial charge in [0.2, 0.25) is 0 Å². The summed E-state index contributed by atoms with van der Waals surface area (Å²) in [5, 5.41) is 6.09. The van der Waals surface area contributed by atoms with Crippen LogP contribution in [0.1, 0.15) is 6.92 Å². The van der Waals surface area contributed by atoms with Crippen molar-refractivity contribution in [1.29, 1.82) is 5.53 Å². The summed E-state index contributed by atoms with van der Waals surface area (Å²) in [5.74, 6) is 0. The average molecular weight is 86.1 g/mol. The van der Waals surface area contributed by atoms with Crippen molar-refractivity contribution in [1.82, 2.24) is 5.53 Å². The SMILES string of the molecule is C/C=N\NN=N. The minimum atomic E-state index is 1.51. The van der Waals surface area contributed by atoms with E-state index in [4.69, 9.17) is 5.53 Å². The molecule has 0 aromatic rings. The zero-order valence-electron chi connectivity index (χ0n) is 3.47. The fourth-order valence-corrected chi connectivity index (χ4v) is 0.0866. The number of hydrogen-bond acceptors (Lipinski definition) is 3. The molecule has 0 atom stereocenters. The standard InChI is InChI=1S/C2H6N4/c1-2-4-6-5-3/h2H,1H3,(H2,3,6)/b4-2-. The molecule has 0 fully saturated rings. The highest BCUT2D eigenvalue weighted by Gasteiger charge is 1.52. The molecular weight excluding hydrogens is 80.0 g/mol. The van der Waals surface area contributed by atoms with Gasteiger partial charge in [0, 0.05) is 6.21 Å². The van der Waals surface area contributed by atoms with Crippen LogP contribution in [0.3, 0.4) is 0 Å². The molecule has 0 aliphatic carbocycles. The predicted molar refractivity (Wildman–Crippen MR) is 22.4 cm³/mol. The maximum atomic E-state index is 6.11. The number of hydrazone groups is 1. The average Bonchev–Trinajstić information content (AvgIpc) is 1.61. The summed E-state index contributed by atoms with van der Waals surface area (Å²) in [5.41, 5.74) is 8.17. The maximum Gasteiger partial charge on any atom is 0.0233 e. The summed E-state index contributed by atoms with van der Waals surface area (Å²) in [6, 6.07) is 0. The third-order valence-electron chi connectivity index (χ3n) is 0.237. The minimum Gasteiger partial charge on any atom is -0.185 e. The molecule has 0 aliphatic heterocycles. The predicted octanol–water partition coefficient (Wildman–Crippen LogP) is 0.528.